The minimum atomic E-state index is -0.174. The molecule has 102 valence electrons. The summed E-state index contributed by atoms with van der Waals surface area (Å²) in [5.74, 6) is 0.583. The van der Waals surface area contributed by atoms with Gasteiger partial charge < -0.3 is 9.74 Å². The molecule has 3 rings (SSSR count). The van der Waals surface area contributed by atoms with Gasteiger partial charge in [-0.25, -0.2) is 4.79 Å². The lowest BCUT2D eigenvalue weighted by molar-refractivity contribution is 0.0558. The van der Waals surface area contributed by atoms with Gasteiger partial charge in [0, 0.05) is 43.7 Å². The van der Waals surface area contributed by atoms with Gasteiger partial charge in [-0.2, -0.15) is 5.48 Å². The molecule has 2 saturated heterocycles. The van der Waals surface area contributed by atoms with Crippen molar-refractivity contribution in [3.05, 3.63) is 24.5 Å². The van der Waals surface area contributed by atoms with E-state index in [0.29, 0.717) is 11.8 Å². The molecule has 2 aliphatic heterocycles. The summed E-state index contributed by atoms with van der Waals surface area (Å²) < 4.78 is 0. The maximum Gasteiger partial charge on any atom is 0.350 e. The maximum atomic E-state index is 11.8. The Labute approximate surface area is 112 Å². The van der Waals surface area contributed by atoms with Gasteiger partial charge in [0.05, 0.1) is 0 Å². The SMILES string of the molecule is O=C(NOc1ccncc1)N1CC(N2CCCC2)C1. The number of hydrogen-bond acceptors (Lipinski definition) is 4. The Hall–Kier alpha value is -1.82. The van der Waals surface area contributed by atoms with Crippen LogP contribution in [0, 0.1) is 0 Å². The number of nitrogens with zero attached hydrogens (tertiary/aromatic N) is 3. The van der Waals surface area contributed by atoms with Crippen LogP contribution in [0.3, 0.4) is 0 Å². The van der Waals surface area contributed by atoms with Crippen LogP contribution in [0.4, 0.5) is 4.79 Å². The molecule has 3 heterocycles. The van der Waals surface area contributed by atoms with E-state index in [1.807, 2.05) is 0 Å². The molecule has 0 bridgehead atoms. The molecule has 6 nitrogen and oxygen atoms in total. The molecule has 0 radical (unpaired) electrons. The second kappa shape index (κ2) is 5.44. The Morgan fingerprint density at radius 1 is 1.26 bits per heavy atom. The number of likely N-dealkylation sites (tertiary alicyclic amines) is 2. The van der Waals surface area contributed by atoms with Crippen molar-refractivity contribution < 1.29 is 9.63 Å². The van der Waals surface area contributed by atoms with Gasteiger partial charge in [0.1, 0.15) is 0 Å². The Bertz CT molecular complexity index is 428. The van der Waals surface area contributed by atoms with Gasteiger partial charge in [0.15, 0.2) is 5.75 Å². The smallest absolute Gasteiger partial charge is 0.350 e. The Morgan fingerprint density at radius 3 is 2.63 bits per heavy atom. The highest BCUT2D eigenvalue weighted by molar-refractivity contribution is 5.74. The largest absolute Gasteiger partial charge is 0.378 e. The average molecular weight is 262 g/mol. The molecule has 0 aromatic carbocycles. The minimum Gasteiger partial charge on any atom is -0.378 e. The molecule has 1 N–H and O–H groups in total. The first-order valence-electron chi connectivity index (χ1n) is 6.69. The highest BCUT2D eigenvalue weighted by Gasteiger charge is 2.35. The number of rotatable bonds is 3. The number of aromatic nitrogens is 1. The number of hydrogen-bond donors (Lipinski definition) is 1. The van der Waals surface area contributed by atoms with E-state index < -0.39 is 0 Å². The van der Waals surface area contributed by atoms with Gasteiger partial charge in [-0.15, -0.1) is 0 Å². The first kappa shape index (κ1) is 12.2. The molecule has 0 spiro atoms. The zero-order valence-electron chi connectivity index (χ0n) is 10.8. The topological polar surface area (TPSA) is 57.7 Å². The van der Waals surface area contributed by atoms with Crippen molar-refractivity contribution in [2.75, 3.05) is 26.2 Å². The number of pyridine rings is 1. The number of carbonyl (C=O) groups is 1. The molecule has 19 heavy (non-hydrogen) atoms. The van der Waals surface area contributed by atoms with E-state index in [4.69, 9.17) is 4.84 Å². The fourth-order valence-corrected chi connectivity index (χ4v) is 2.53. The summed E-state index contributed by atoms with van der Waals surface area (Å²) >= 11 is 0. The van der Waals surface area contributed by atoms with E-state index >= 15 is 0 Å². The highest BCUT2D eigenvalue weighted by Crippen LogP contribution is 2.19. The van der Waals surface area contributed by atoms with Crippen molar-refractivity contribution in [1.82, 2.24) is 20.3 Å². The van der Waals surface area contributed by atoms with E-state index in [1.54, 1.807) is 29.4 Å². The highest BCUT2D eigenvalue weighted by atomic mass is 16.7. The molecule has 0 unspecified atom stereocenters. The zero-order chi connectivity index (χ0) is 13.1. The van der Waals surface area contributed by atoms with E-state index in [-0.39, 0.29) is 6.03 Å². The lowest BCUT2D eigenvalue weighted by Crippen LogP contribution is -2.62. The molecule has 2 aliphatic rings. The van der Waals surface area contributed by atoms with Crippen LogP contribution in [0.1, 0.15) is 12.8 Å². The van der Waals surface area contributed by atoms with Crippen LogP contribution in [0.25, 0.3) is 0 Å². The van der Waals surface area contributed by atoms with Crippen LogP contribution in [0.15, 0.2) is 24.5 Å². The summed E-state index contributed by atoms with van der Waals surface area (Å²) in [6.45, 7) is 3.94. The van der Waals surface area contributed by atoms with E-state index in [0.717, 1.165) is 13.1 Å². The molecule has 1 aromatic rings. The fraction of sp³-hybridized carbons (Fsp3) is 0.538. The quantitative estimate of drug-likeness (QED) is 0.821. The van der Waals surface area contributed by atoms with Gasteiger partial charge in [-0.05, 0) is 25.9 Å². The second-order valence-electron chi connectivity index (χ2n) is 4.99. The Balaban J connectivity index is 1.40. The monoisotopic (exact) mass is 262 g/mol. The summed E-state index contributed by atoms with van der Waals surface area (Å²) in [5.41, 5.74) is 2.45. The van der Waals surface area contributed by atoms with Crippen LogP contribution in [0.5, 0.6) is 5.75 Å². The van der Waals surface area contributed by atoms with Crippen molar-refractivity contribution in [2.24, 2.45) is 0 Å². The van der Waals surface area contributed by atoms with Crippen molar-refractivity contribution in [2.45, 2.75) is 18.9 Å². The summed E-state index contributed by atoms with van der Waals surface area (Å²) in [6, 6.07) is 3.76. The number of carbonyl (C=O) groups excluding carboxylic acids is 1. The third kappa shape index (κ3) is 2.78. The van der Waals surface area contributed by atoms with Crippen molar-refractivity contribution >= 4 is 6.03 Å². The van der Waals surface area contributed by atoms with Gasteiger partial charge in [0.2, 0.25) is 0 Å². The second-order valence-corrected chi connectivity index (χ2v) is 4.99. The molecule has 0 atom stereocenters. The van der Waals surface area contributed by atoms with Crippen molar-refractivity contribution in [3.8, 4) is 5.75 Å². The fourth-order valence-electron chi connectivity index (χ4n) is 2.53. The Morgan fingerprint density at radius 2 is 1.95 bits per heavy atom. The minimum absolute atomic E-state index is 0.174. The lowest BCUT2D eigenvalue weighted by atomic mass is 10.1. The normalized spacial score (nSPS) is 20.1. The molecular weight excluding hydrogens is 244 g/mol. The summed E-state index contributed by atoms with van der Waals surface area (Å²) in [5, 5.41) is 0. The van der Waals surface area contributed by atoms with Gasteiger partial charge >= 0.3 is 6.03 Å². The maximum absolute atomic E-state index is 11.8. The Kier molecular flexibility index (Phi) is 3.50. The summed E-state index contributed by atoms with van der Waals surface area (Å²) in [7, 11) is 0. The van der Waals surface area contributed by atoms with Crippen LogP contribution in [-0.2, 0) is 0 Å². The molecule has 2 fully saturated rings. The molecule has 6 heteroatoms. The first-order chi connectivity index (χ1) is 9.33. The number of urea groups is 1. The first-order valence-corrected chi connectivity index (χ1v) is 6.69. The van der Waals surface area contributed by atoms with E-state index in [2.05, 4.69) is 15.4 Å². The molecule has 0 aliphatic carbocycles. The van der Waals surface area contributed by atoms with Crippen LogP contribution in [0.2, 0.25) is 0 Å². The number of nitrogens with one attached hydrogen (secondary N) is 1. The number of hydroxylamine groups is 1. The van der Waals surface area contributed by atoms with Crippen molar-refractivity contribution in [1.29, 1.82) is 0 Å². The predicted molar refractivity (Wildman–Crippen MR) is 69.6 cm³/mol. The lowest BCUT2D eigenvalue weighted by Gasteiger charge is -2.43. The molecule has 0 saturated carbocycles. The van der Waals surface area contributed by atoms with Crippen LogP contribution in [-0.4, -0.2) is 53.0 Å². The van der Waals surface area contributed by atoms with Crippen LogP contribution < -0.4 is 10.3 Å². The van der Waals surface area contributed by atoms with Gasteiger partial charge in [-0.1, -0.05) is 0 Å². The number of amides is 2. The average Bonchev–Trinajstić information content (AvgIpc) is 2.90. The van der Waals surface area contributed by atoms with Gasteiger partial charge in [0.25, 0.3) is 0 Å². The zero-order valence-corrected chi connectivity index (χ0v) is 10.8. The molecule has 1 aromatic heterocycles. The molecular formula is C13H18N4O2. The summed E-state index contributed by atoms with van der Waals surface area (Å²) in [4.78, 5) is 25.1. The molecule has 2 amide bonds. The third-order valence-electron chi connectivity index (χ3n) is 3.71. The van der Waals surface area contributed by atoms with Gasteiger partial charge in [-0.3, -0.25) is 9.88 Å². The van der Waals surface area contributed by atoms with Crippen molar-refractivity contribution in [3.63, 3.8) is 0 Å². The summed E-state index contributed by atoms with van der Waals surface area (Å²) in [6.07, 6.45) is 5.81. The van der Waals surface area contributed by atoms with E-state index in [1.165, 1.54) is 25.9 Å². The van der Waals surface area contributed by atoms with E-state index in [9.17, 15) is 4.79 Å². The van der Waals surface area contributed by atoms with Crippen LogP contribution >= 0.6 is 0 Å². The third-order valence-corrected chi connectivity index (χ3v) is 3.71. The predicted octanol–water partition coefficient (Wildman–Crippen LogP) is 0.865. The standard InChI is InChI=1S/C13H18N4O2/c18-13(15-19-12-3-5-14-6-4-12)17-9-11(10-17)16-7-1-2-8-16/h3-6,11H,1-2,7-10H2,(H,15,18).